The van der Waals surface area contributed by atoms with Crippen molar-refractivity contribution in [2.45, 2.75) is 132 Å². The molecular formula is C39H64N4O8S. The van der Waals surface area contributed by atoms with Crippen LogP contribution in [-0.4, -0.2) is 90.7 Å². The third-order valence-electron chi connectivity index (χ3n) is 14.0. The summed E-state index contributed by atoms with van der Waals surface area (Å²) in [5, 5.41) is 0. The summed E-state index contributed by atoms with van der Waals surface area (Å²) in [6.45, 7) is 15.8. The summed E-state index contributed by atoms with van der Waals surface area (Å²) < 4.78 is 27.3. The molecule has 1 saturated heterocycles. The second kappa shape index (κ2) is 14.2. The van der Waals surface area contributed by atoms with Gasteiger partial charge in [-0.25, -0.2) is 4.31 Å². The van der Waals surface area contributed by atoms with E-state index in [1.54, 1.807) is 25.7 Å². The summed E-state index contributed by atoms with van der Waals surface area (Å²) in [5.74, 6) is -5.76. The molecule has 3 aliphatic carbocycles. The molecule has 2 N–H and O–H groups in total. The zero-order chi connectivity index (χ0) is 39.6. The van der Waals surface area contributed by atoms with Crippen LogP contribution >= 0.6 is 0 Å². The largest absolute Gasteiger partial charge is 0.363 e. The van der Waals surface area contributed by atoms with Crippen LogP contribution < -0.4 is 5.73 Å². The fourth-order valence-electron chi connectivity index (χ4n) is 9.96. The Kier molecular flexibility index (Phi) is 11.5. The van der Waals surface area contributed by atoms with Gasteiger partial charge in [-0.2, -0.15) is 12.7 Å². The Morgan fingerprint density at radius 1 is 0.827 bits per heavy atom. The quantitative estimate of drug-likeness (QED) is 0.238. The molecule has 3 amide bonds. The molecule has 4 aliphatic rings. The summed E-state index contributed by atoms with van der Waals surface area (Å²) in [7, 11) is -0.238. The first-order valence-corrected chi connectivity index (χ1v) is 20.4. The fourth-order valence-corrected chi connectivity index (χ4v) is 10.8. The van der Waals surface area contributed by atoms with Gasteiger partial charge in [0.15, 0.2) is 5.78 Å². The van der Waals surface area contributed by atoms with Crippen molar-refractivity contribution in [3.05, 3.63) is 0 Å². The lowest BCUT2D eigenvalue weighted by Crippen LogP contribution is -2.49. The smallest absolute Gasteiger partial charge is 0.305 e. The number of hydrogen-bond acceptors (Lipinski definition) is 8. The van der Waals surface area contributed by atoms with Gasteiger partial charge in [0.05, 0.1) is 12.0 Å². The summed E-state index contributed by atoms with van der Waals surface area (Å²) in [5.41, 5.74) is 3.61. The number of carbonyl (C=O) groups is 6. The topological polar surface area (TPSA) is 172 Å². The number of Topliss-reactive ketones (excluding diaryl/α,β-unsaturated/α-hetero) is 3. The average Bonchev–Trinajstić information content (AvgIpc) is 3.20. The molecule has 0 aromatic heterocycles. The molecular weight excluding hydrogens is 685 g/mol. The number of rotatable bonds is 15. The second-order valence-corrected chi connectivity index (χ2v) is 21.5. The van der Waals surface area contributed by atoms with Gasteiger partial charge in [0.25, 0.3) is 5.91 Å². The number of hydrogen-bond donors (Lipinski definition) is 1. The Labute approximate surface area is 311 Å². The molecule has 5 atom stereocenters. The van der Waals surface area contributed by atoms with Crippen LogP contribution in [0, 0.1) is 50.7 Å². The maximum absolute atomic E-state index is 14.9. The van der Waals surface area contributed by atoms with E-state index in [1.807, 2.05) is 20.8 Å². The predicted molar refractivity (Wildman–Crippen MR) is 197 cm³/mol. The SMILES string of the molecule is CN(C)S(=O)(=O)N(C)C(=O)[C@@H](CC(=O)C[C@H](C(=O)N1C[C@]2(C[C@H]1C(=O)CC(CC1CCC1)C(=O)C(N)=O)C(C)(C)C21CCC1)C(C)(C)C)C(C)(C)C. The van der Waals surface area contributed by atoms with Crippen molar-refractivity contribution in [3.8, 4) is 0 Å². The van der Waals surface area contributed by atoms with Crippen molar-refractivity contribution in [2.75, 3.05) is 27.7 Å². The Bertz CT molecular complexity index is 1580. The number of amides is 3. The number of nitrogens with zero attached hydrogens (tertiary/aromatic N) is 3. The van der Waals surface area contributed by atoms with Crippen LogP contribution in [0.5, 0.6) is 0 Å². The van der Waals surface area contributed by atoms with Gasteiger partial charge in [-0.3, -0.25) is 28.8 Å². The summed E-state index contributed by atoms with van der Waals surface area (Å²) in [6.07, 6.45) is 6.36. The lowest BCUT2D eigenvalue weighted by Gasteiger charge is -2.36. The Morgan fingerprint density at radius 2 is 1.37 bits per heavy atom. The highest BCUT2D eigenvalue weighted by atomic mass is 32.2. The van der Waals surface area contributed by atoms with Gasteiger partial charge in [-0.05, 0) is 53.3 Å². The Morgan fingerprint density at radius 3 is 1.77 bits per heavy atom. The minimum absolute atomic E-state index is 0.0220. The minimum Gasteiger partial charge on any atom is -0.363 e. The van der Waals surface area contributed by atoms with Crippen molar-refractivity contribution in [1.82, 2.24) is 13.5 Å². The number of primary amides is 1. The van der Waals surface area contributed by atoms with Gasteiger partial charge in [-0.1, -0.05) is 81.1 Å². The molecule has 13 heteroatoms. The van der Waals surface area contributed by atoms with Crippen LogP contribution in [0.2, 0.25) is 0 Å². The number of ketones is 3. The first kappa shape index (κ1) is 42.1. The molecule has 1 heterocycles. The van der Waals surface area contributed by atoms with Gasteiger partial charge < -0.3 is 10.6 Å². The Hall–Kier alpha value is -2.67. The number of carbonyl (C=O) groups excluding carboxylic acids is 6. The highest BCUT2D eigenvalue weighted by Gasteiger charge is 2.85. The maximum atomic E-state index is 14.9. The minimum atomic E-state index is -4.08. The van der Waals surface area contributed by atoms with E-state index in [0.29, 0.717) is 23.7 Å². The molecule has 0 aromatic rings. The molecule has 3 saturated carbocycles. The first-order chi connectivity index (χ1) is 23.7. The van der Waals surface area contributed by atoms with Crippen molar-refractivity contribution in [2.24, 2.45) is 56.5 Å². The van der Waals surface area contributed by atoms with E-state index >= 15 is 0 Å². The van der Waals surface area contributed by atoms with Crippen molar-refractivity contribution in [3.63, 3.8) is 0 Å². The van der Waals surface area contributed by atoms with E-state index < -0.39 is 62.4 Å². The third-order valence-corrected chi connectivity index (χ3v) is 15.8. The van der Waals surface area contributed by atoms with Crippen molar-refractivity contribution >= 4 is 45.3 Å². The van der Waals surface area contributed by atoms with E-state index in [9.17, 15) is 37.2 Å². The van der Waals surface area contributed by atoms with Gasteiger partial charge in [0, 0.05) is 64.2 Å². The number of fused-ring (bicyclic) bond motifs is 1. The zero-order valence-corrected chi connectivity index (χ0v) is 34.3. The number of nitrogens with two attached hydrogens (primary N) is 1. The summed E-state index contributed by atoms with van der Waals surface area (Å²) in [6, 6.07) is -0.801. The van der Waals surface area contributed by atoms with E-state index in [-0.39, 0.29) is 58.9 Å². The molecule has 52 heavy (non-hydrogen) atoms. The lowest BCUT2D eigenvalue weighted by atomic mass is 9.73. The standard InChI is InChI=1S/C39H64N4O8S/c1-35(2,3)27(33(48)42(11)52(50,51)41(9)10)20-26(44)21-28(36(4,5)6)34(49)43-23-39(37(7,8)38(39)16-13-17-38)22-29(43)30(45)19-25(31(46)32(40)47)18-24-14-12-15-24/h24-25,27-29H,12-23H2,1-11H3,(H2,40,47)/t25?,27-,28-,29+,39-/m1/s1. The van der Waals surface area contributed by atoms with Gasteiger partial charge in [-0.15, -0.1) is 0 Å². The summed E-state index contributed by atoms with van der Waals surface area (Å²) in [4.78, 5) is 83.6. The van der Waals surface area contributed by atoms with E-state index in [4.69, 9.17) is 5.73 Å². The van der Waals surface area contributed by atoms with Crippen LogP contribution in [0.1, 0.15) is 126 Å². The molecule has 12 nitrogen and oxygen atoms in total. The molecule has 4 rings (SSSR count). The van der Waals surface area contributed by atoms with Crippen LogP contribution in [0.4, 0.5) is 0 Å². The van der Waals surface area contributed by atoms with Gasteiger partial charge >= 0.3 is 10.2 Å². The third kappa shape index (κ3) is 7.26. The number of likely N-dealkylation sites (tertiary alicyclic amines) is 1. The second-order valence-electron chi connectivity index (χ2n) is 19.3. The van der Waals surface area contributed by atoms with Gasteiger partial charge in [0.2, 0.25) is 17.6 Å². The molecule has 4 fully saturated rings. The van der Waals surface area contributed by atoms with Crippen LogP contribution in [0.15, 0.2) is 0 Å². The predicted octanol–water partition coefficient (Wildman–Crippen LogP) is 4.54. The zero-order valence-electron chi connectivity index (χ0n) is 33.5. The Balaban J connectivity index is 1.63. The van der Waals surface area contributed by atoms with Crippen LogP contribution in [0.3, 0.4) is 0 Å². The normalized spacial score (nSPS) is 25.6. The van der Waals surface area contributed by atoms with E-state index in [0.717, 1.165) is 42.8 Å². The van der Waals surface area contributed by atoms with Crippen molar-refractivity contribution < 1.29 is 37.2 Å². The molecule has 0 aromatic carbocycles. The monoisotopic (exact) mass is 748 g/mol. The van der Waals surface area contributed by atoms with E-state index in [2.05, 4.69) is 13.8 Å². The molecule has 1 unspecified atom stereocenters. The average molecular weight is 749 g/mol. The molecule has 0 bridgehead atoms. The highest BCUT2D eigenvalue weighted by Crippen LogP contribution is 2.88. The molecule has 2 spiro atoms. The van der Waals surface area contributed by atoms with Gasteiger partial charge in [0.1, 0.15) is 5.78 Å². The van der Waals surface area contributed by atoms with E-state index in [1.165, 1.54) is 21.1 Å². The summed E-state index contributed by atoms with van der Waals surface area (Å²) >= 11 is 0. The van der Waals surface area contributed by atoms with Crippen LogP contribution in [-0.2, 0) is 39.0 Å². The highest BCUT2D eigenvalue weighted by molar-refractivity contribution is 7.87. The fraction of sp³-hybridized carbons (Fsp3) is 0.846. The molecule has 294 valence electrons. The van der Waals surface area contributed by atoms with Crippen LogP contribution in [0.25, 0.3) is 0 Å². The first-order valence-electron chi connectivity index (χ1n) is 19.0. The molecule has 0 radical (unpaired) electrons. The maximum Gasteiger partial charge on any atom is 0.305 e. The lowest BCUT2D eigenvalue weighted by molar-refractivity contribution is -0.147. The van der Waals surface area contributed by atoms with Crippen molar-refractivity contribution in [1.29, 1.82) is 0 Å². The molecule has 1 aliphatic heterocycles.